The molecule has 2 aromatic rings. The first-order valence-corrected chi connectivity index (χ1v) is 11.6. The Morgan fingerprint density at radius 2 is 2.22 bits per heavy atom. The molecule has 0 aromatic carbocycles. The van der Waals surface area contributed by atoms with Gasteiger partial charge in [-0.05, 0) is 38.1 Å². The minimum Gasteiger partial charge on any atom is -0.377 e. The maximum Gasteiger partial charge on any atom is 0.161 e. The summed E-state index contributed by atoms with van der Waals surface area (Å²) in [4.78, 5) is 9.63. The van der Waals surface area contributed by atoms with Crippen molar-refractivity contribution < 1.29 is 9.47 Å². The maximum absolute atomic E-state index is 5.88. The lowest BCUT2D eigenvalue weighted by Gasteiger charge is -2.27. The molecule has 1 atom stereocenters. The summed E-state index contributed by atoms with van der Waals surface area (Å²) in [7, 11) is 0.159. The topological polar surface area (TPSA) is 73.2 Å². The molecule has 2 aromatic heterocycles. The van der Waals surface area contributed by atoms with Crippen molar-refractivity contribution in [3.05, 3.63) is 18.0 Å². The van der Waals surface area contributed by atoms with E-state index >= 15 is 0 Å². The van der Waals surface area contributed by atoms with Crippen molar-refractivity contribution in [2.24, 2.45) is 0 Å². The first-order valence-electron chi connectivity index (χ1n) is 9.61. The van der Waals surface area contributed by atoms with Gasteiger partial charge >= 0.3 is 0 Å². The summed E-state index contributed by atoms with van der Waals surface area (Å²) in [6.07, 6.45) is 8.43. The molecule has 2 saturated heterocycles. The van der Waals surface area contributed by atoms with E-state index in [4.69, 9.17) is 19.4 Å². The van der Waals surface area contributed by atoms with Gasteiger partial charge in [-0.15, -0.1) is 0 Å². The van der Waals surface area contributed by atoms with E-state index in [1.807, 2.05) is 6.20 Å². The minimum atomic E-state index is 0.159. The van der Waals surface area contributed by atoms with E-state index in [-0.39, 0.29) is 10.5 Å². The Bertz CT molecular complexity index is 799. The third kappa shape index (κ3) is 4.51. The van der Waals surface area contributed by atoms with Crippen LogP contribution in [0.25, 0.3) is 11.2 Å². The van der Waals surface area contributed by atoms with E-state index in [9.17, 15) is 0 Å². The second-order valence-electron chi connectivity index (χ2n) is 7.41. The number of rotatable bonds is 8. The summed E-state index contributed by atoms with van der Waals surface area (Å²) < 4.78 is 13.2. The molecule has 2 aliphatic rings. The molecule has 148 valence electrons. The minimum absolute atomic E-state index is 0.159. The van der Waals surface area contributed by atoms with Crippen LogP contribution in [0.3, 0.4) is 0 Å². The molecule has 0 unspecified atom stereocenters. The summed E-state index contributed by atoms with van der Waals surface area (Å²) >= 11 is 0. The highest BCUT2D eigenvalue weighted by molar-refractivity contribution is 8.13. The summed E-state index contributed by atoms with van der Waals surface area (Å²) in [6, 6.07) is 0.343. The van der Waals surface area contributed by atoms with E-state index in [0.29, 0.717) is 18.7 Å². The van der Waals surface area contributed by atoms with Gasteiger partial charge in [0.15, 0.2) is 5.65 Å². The van der Waals surface area contributed by atoms with Crippen molar-refractivity contribution in [2.75, 3.05) is 50.2 Å². The van der Waals surface area contributed by atoms with Gasteiger partial charge in [-0.3, -0.25) is 0 Å². The van der Waals surface area contributed by atoms with Crippen LogP contribution >= 0.6 is 10.5 Å². The summed E-state index contributed by atoms with van der Waals surface area (Å²) in [6.45, 7) is 4.82. The normalized spacial score (nSPS) is 19.9. The largest absolute Gasteiger partial charge is 0.377 e. The van der Waals surface area contributed by atoms with Crippen molar-refractivity contribution in [1.29, 1.82) is 0 Å². The Kier molecular flexibility index (Phi) is 6.07. The van der Waals surface area contributed by atoms with Crippen LogP contribution in [-0.2, 0) is 16.2 Å². The Morgan fingerprint density at radius 1 is 1.41 bits per heavy atom. The van der Waals surface area contributed by atoms with Gasteiger partial charge in [0, 0.05) is 17.5 Å². The number of fused-ring (bicyclic) bond motifs is 1. The zero-order valence-corrected chi connectivity index (χ0v) is 16.8. The molecule has 8 heteroatoms. The molecule has 7 nitrogen and oxygen atoms in total. The third-order valence-electron chi connectivity index (χ3n) is 5.17. The maximum atomic E-state index is 5.88. The monoisotopic (exact) mass is 391 g/mol. The second kappa shape index (κ2) is 8.68. The Labute approximate surface area is 162 Å². The highest BCUT2D eigenvalue weighted by Gasteiger charge is 2.23. The fourth-order valence-corrected chi connectivity index (χ4v) is 3.97. The van der Waals surface area contributed by atoms with Crippen LogP contribution < -0.4 is 10.6 Å². The van der Waals surface area contributed by atoms with Gasteiger partial charge in [-0.1, -0.05) is 5.87 Å². The molecular formula is C19H29N5O2S. The molecule has 0 amide bonds. The second-order valence-corrected chi connectivity index (χ2v) is 9.38. The molecule has 2 aliphatic heterocycles. The number of hydrogen-bond donors (Lipinski definition) is 2. The number of ether oxygens (including phenoxy) is 2. The first kappa shape index (κ1) is 18.9. The number of nitrogens with one attached hydrogen (secondary N) is 2. The molecule has 4 heterocycles. The predicted octanol–water partition coefficient (Wildman–Crippen LogP) is 2.01. The fourth-order valence-electron chi connectivity index (χ4n) is 3.57. The van der Waals surface area contributed by atoms with E-state index < -0.39 is 0 Å². The van der Waals surface area contributed by atoms with Gasteiger partial charge in [0.1, 0.15) is 18.1 Å². The van der Waals surface area contributed by atoms with Gasteiger partial charge in [-0.2, -0.15) is 10.5 Å². The summed E-state index contributed by atoms with van der Waals surface area (Å²) in [5, 5.41) is 6.86. The molecule has 0 aliphatic carbocycles. The highest BCUT2D eigenvalue weighted by Crippen LogP contribution is 2.32. The summed E-state index contributed by atoms with van der Waals surface area (Å²) in [5.41, 5.74) is 3.20. The van der Waals surface area contributed by atoms with Crippen LogP contribution in [0.15, 0.2) is 12.4 Å². The van der Waals surface area contributed by atoms with Gasteiger partial charge in [-0.25, -0.2) is 9.97 Å². The molecular weight excluding hydrogens is 362 g/mol. The van der Waals surface area contributed by atoms with Gasteiger partial charge in [0.05, 0.1) is 32.1 Å². The van der Waals surface area contributed by atoms with Crippen molar-refractivity contribution in [3.8, 4) is 0 Å². The zero-order chi connectivity index (χ0) is 18.6. The molecule has 0 bridgehead atoms. The van der Waals surface area contributed by atoms with E-state index in [1.165, 1.54) is 5.56 Å². The fraction of sp³-hybridized carbons (Fsp3) is 0.632. The molecule has 4 rings (SSSR count). The Balaban J connectivity index is 1.58. The van der Waals surface area contributed by atoms with Crippen LogP contribution in [-0.4, -0.2) is 71.4 Å². The zero-order valence-electron chi connectivity index (χ0n) is 15.9. The van der Waals surface area contributed by atoms with Crippen LogP contribution in [0.5, 0.6) is 0 Å². The van der Waals surface area contributed by atoms with Crippen LogP contribution in [0.2, 0.25) is 0 Å². The predicted molar refractivity (Wildman–Crippen MR) is 112 cm³/mol. The van der Waals surface area contributed by atoms with Gasteiger partial charge < -0.3 is 24.7 Å². The van der Waals surface area contributed by atoms with Gasteiger partial charge in [0.2, 0.25) is 0 Å². The van der Waals surface area contributed by atoms with Crippen molar-refractivity contribution in [2.45, 2.75) is 31.5 Å². The van der Waals surface area contributed by atoms with E-state index in [0.717, 1.165) is 68.5 Å². The molecule has 2 N–H and O–H groups in total. The lowest BCUT2D eigenvalue weighted by atomic mass is 9.91. The van der Waals surface area contributed by atoms with Crippen molar-refractivity contribution in [1.82, 2.24) is 19.9 Å². The number of nitrogens with zero attached hydrogens (tertiary/aromatic N) is 3. The van der Waals surface area contributed by atoms with Gasteiger partial charge in [0.25, 0.3) is 0 Å². The molecule has 27 heavy (non-hydrogen) atoms. The lowest BCUT2D eigenvalue weighted by molar-refractivity contribution is 0.0209. The van der Waals surface area contributed by atoms with Crippen LogP contribution in [0.1, 0.15) is 24.3 Å². The first-order chi connectivity index (χ1) is 13.2. The van der Waals surface area contributed by atoms with Crippen LogP contribution in [0, 0.1) is 0 Å². The average molecular weight is 392 g/mol. The highest BCUT2D eigenvalue weighted by atomic mass is 32.2. The molecule has 0 saturated carbocycles. The van der Waals surface area contributed by atoms with Crippen molar-refractivity contribution in [3.63, 3.8) is 0 Å². The lowest BCUT2D eigenvalue weighted by Crippen LogP contribution is -2.40. The Morgan fingerprint density at radius 3 is 2.93 bits per heavy atom. The SMILES string of the molecule is C=[S@@](C)CCOCn1cc(C2CCNCC2)c2nc(NC3COC3)cnc21. The standard InChI is InChI=1S/C19H29N5O2S/c1-27(2)8-7-25-13-24-10-16(14-3-5-20-6-4-14)18-19(24)21-9-17(23-18)22-15-11-26-12-15/h9-10,14-15,20H,1,3-8,11-13H2,2H3,(H,22,23)/t27-/m0/s1. The summed E-state index contributed by atoms with van der Waals surface area (Å²) in [5.74, 6) is 6.38. The third-order valence-corrected chi connectivity index (χ3v) is 6.03. The molecule has 0 spiro atoms. The van der Waals surface area contributed by atoms with E-state index in [1.54, 1.807) is 0 Å². The van der Waals surface area contributed by atoms with Crippen LogP contribution in [0.4, 0.5) is 5.82 Å². The Hall–Kier alpha value is -1.48. The quantitative estimate of drug-likeness (QED) is 0.530. The molecule has 0 radical (unpaired) electrons. The average Bonchev–Trinajstić information content (AvgIpc) is 3.00. The van der Waals surface area contributed by atoms with E-state index in [2.05, 4.69) is 33.5 Å². The molecule has 2 fully saturated rings. The number of aromatic nitrogens is 3. The number of anilines is 1. The van der Waals surface area contributed by atoms with Crippen molar-refractivity contribution >= 4 is 33.3 Å². The number of hydrogen-bond acceptors (Lipinski definition) is 6. The number of piperidine rings is 1. The smallest absolute Gasteiger partial charge is 0.161 e.